The number of benzene rings is 4. The monoisotopic (exact) mass is 917 g/mol. The van der Waals surface area contributed by atoms with Gasteiger partial charge in [0.25, 0.3) is 0 Å². The maximum atomic E-state index is 11.6. The summed E-state index contributed by atoms with van der Waals surface area (Å²) in [5.41, 5.74) is 6.69. The quantitative estimate of drug-likeness (QED) is 0.0453. The highest BCUT2D eigenvalue weighted by atomic mass is 16.5. The van der Waals surface area contributed by atoms with E-state index >= 15 is 0 Å². The summed E-state index contributed by atoms with van der Waals surface area (Å²) in [4.78, 5) is 0. The standard InChI is InChI=1S/C63H96O4/c1-61(2,65-48-34-19-13-7-10-16-25-37-54-40-28-22-29-41-54)51-57-46-47-60(64)59(53-63(5,6)67-50-36-21-15-9-12-18-27-39-56-44-32-24-33-45-56)58(57)52-62(3,4)66-49-35-20-14-8-11-17-26-38-55-42-30-23-31-43-55/h22-24,28-33,40-47,64H,7-21,25-27,34-39,48-53H2,1-6H3. The van der Waals surface area contributed by atoms with E-state index in [2.05, 4.69) is 139 Å². The Morgan fingerprint density at radius 3 is 0.940 bits per heavy atom. The van der Waals surface area contributed by atoms with E-state index < -0.39 is 5.60 Å². The van der Waals surface area contributed by atoms with Gasteiger partial charge < -0.3 is 19.3 Å². The van der Waals surface area contributed by atoms with E-state index in [1.807, 2.05) is 6.07 Å². The van der Waals surface area contributed by atoms with Crippen LogP contribution in [0.2, 0.25) is 0 Å². The lowest BCUT2D eigenvalue weighted by molar-refractivity contribution is -0.0253. The van der Waals surface area contributed by atoms with Crippen molar-refractivity contribution in [1.82, 2.24) is 0 Å². The van der Waals surface area contributed by atoms with Gasteiger partial charge in [-0.3, -0.25) is 0 Å². The SMILES string of the molecule is CC(C)(Cc1ccc(O)c(CC(C)(C)OCCCCCCCCCc2ccccc2)c1CC(C)(C)OCCCCCCCCCc1ccccc1)OCCCCCCCCCc1ccccc1. The molecular formula is C63H96O4. The van der Waals surface area contributed by atoms with Crippen molar-refractivity contribution in [3.8, 4) is 5.75 Å². The normalized spacial score (nSPS) is 12.3. The molecule has 0 bridgehead atoms. The first-order chi connectivity index (χ1) is 32.4. The molecule has 4 nitrogen and oxygen atoms in total. The summed E-state index contributed by atoms with van der Waals surface area (Å²) in [5, 5.41) is 11.6. The van der Waals surface area contributed by atoms with Crippen LogP contribution in [-0.4, -0.2) is 41.7 Å². The molecule has 0 aliphatic carbocycles. The van der Waals surface area contributed by atoms with Crippen molar-refractivity contribution < 1.29 is 19.3 Å². The van der Waals surface area contributed by atoms with Crippen LogP contribution >= 0.6 is 0 Å². The van der Waals surface area contributed by atoms with E-state index in [9.17, 15) is 5.11 Å². The van der Waals surface area contributed by atoms with Crippen LogP contribution in [0, 0.1) is 0 Å². The smallest absolute Gasteiger partial charge is 0.119 e. The average Bonchev–Trinajstić information content (AvgIpc) is 3.31. The Bertz CT molecular complexity index is 1820. The van der Waals surface area contributed by atoms with Gasteiger partial charge in [0, 0.05) is 44.6 Å². The summed E-state index contributed by atoms with van der Waals surface area (Å²) in [6.45, 7) is 15.6. The molecule has 4 heteroatoms. The highest BCUT2D eigenvalue weighted by Gasteiger charge is 2.30. The van der Waals surface area contributed by atoms with Crippen molar-refractivity contribution in [3.05, 3.63) is 137 Å². The fraction of sp³-hybridized carbons (Fsp3) is 0.619. The molecule has 67 heavy (non-hydrogen) atoms. The van der Waals surface area contributed by atoms with Gasteiger partial charge in [0.15, 0.2) is 0 Å². The van der Waals surface area contributed by atoms with E-state index in [0.29, 0.717) is 12.2 Å². The van der Waals surface area contributed by atoms with Gasteiger partial charge in [-0.05, 0) is 133 Å². The van der Waals surface area contributed by atoms with Crippen LogP contribution in [0.3, 0.4) is 0 Å². The maximum absolute atomic E-state index is 11.6. The maximum Gasteiger partial charge on any atom is 0.119 e. The number of aryl methyl sites for hydroxylation is 3. The van der Waals surface area contributed by atoms with E-state index in [1.165, 1.54) is 163 Å². The molecule has 0 aliphatic heterocycles. The number of phenols is 1. The third-order valence-corrected chi connectivity index (χ3v) is 13.7. The Labute approximate surface area is 411 Å². The molecule has 0 saturated carbocycles. The Hall–Kier alpha value is -3.44. The minimum absolute atomic E-state index is 0.332. The summed E-state index contributed by atoms with van der Waals surface area (Å²) < 4.78 is 20.0. The number of ether oxygens (including phenoxy) is 3. The first-order valence-corrected chi connectivity index (χ1v) is 27.3. The third kappa shape index (κ3) is 25.7. The molecule has 0 spiro atoms. The van der Waals surface area contributed by atoms with Crippen LogP contribution < -0.4 is 0 Å². The van der Waals surface area contributed by atoms with Crippen molar-refractivity contribution in [2.75, 3.05) is 19.8 Å². The van der Waals surface area contributed by atoms with Gasteiger partial charge in [-0.2, -0.15) is 0 Å². The lowest BCUT2D eigenvalue weighted by Gasteiger charge is -2.33. The molecule has 0 atom stereocenters. The molecule has 4 aromatic carbocycles. The zero-order chi connectivity index (χ0) is 47.9. The van der Waals surface area contributed by atoms with Crippen molar-refractivity contribution in [2.45, 2.75) is 232 Å². The molecule has 0 aromatic heterocycles. The van der Waals surface area contributed by atoms with Crippen LogP contribution in [0.1, 0.15) is 210 Å². The average molecular weight is 917 g/mol. The first-order valence-electron chi connectivity index (χ1n) is 27.3. The van der Waals surface area contributed by atoms with Crippen molar-refractivity contribution >= 4 is 0 Å². The summed E-state index contributed by atoms with van der Waals surface area (Å²) in [6.07, 6.45) is 32.0. The number of hydrogen-bond donors (Lipinski definition) is 1. The molecule has 4 rings (SSSR count). The molecule has 0 amide bonds. The number of aromatic hydroxyl groups is 1. The second kappa shape index (κ2) is 32.4. The van der Waals surface area contributed by atoms with Crippen molar-refractivity contribution in [1.29, 1.82) is 0 Å². The fourth-order valence-electron chi connectivity index (χ4n) is 9.70. The van der Waals surface area contributed by atoms with Gasteiger partial charge in [-0.15, -0.1) is 0 Å². The molecular weight excluding hydrogens is 821 g/mol. The number of rotatable bonds is 39. The molecule has 0 radical (unpaired) electrons. The second-order valence-electron chi connectivity index (χ2n) is 21.7. The van der Waals surface area contributed by atoms with Gasteiger partial charge in [0.1, 0.15) is 5.75 Å². The van der Waals surface area contributed by atoms with E-state index in [0.717, 1.165) is 57.5 Å². The third-order valence-electron chi connectivity index (χ3n) is 13.7. The van der Waals surface area contributed by atoms with Crippen LogP contribution in [0.4, 0.5) is 0 Å². The predicted octanol–water partition coefficient (Wildman–Crippen LogP) is 17.3. The first kappa shape index (κ1) is 56.2. The van der Waals surface area contributed by atoms with E-state index in [1.54, 1.807) is 0 Å². The van der Waals surface area contributed by atoms with E-state index in [4.69, 9.17) is 14.2 Å². The van der Waals surface area contributed by atoms with Crippen molar-refractivity contribution in [3.63, 3.8) is 0 Å². The molecule has 0 saturated heterocycles. The van der Waals surface area contributed by atoms with Gasteiger partial charge in [0.2, 0.25) is 0 Å². The zero-order valence-corrected chi connectivity index (χ0v) is 43.7. The highest BCUT2D eigenvalue weighted by Crippen LogP contribution is 2.35. The molecule has 0 aliphatic rings. The Morgan fingerprint density at radius 2 is 0.597 bits per heavy atom. The number of hydrogen-bond acceptors (Lipinski definition) is 4. The topological polar surface area (TPSA) is 47.9 Å². The van der Waals surface area contributed by atoms with Crippen LogP contribution in [0.15, 0.2) is 103 Å². The Kier molecular flexibility index (Phi) is 27.1. The molecule has 372 valence electrons. The molecule has 1 N–H and O–H groups in total. The minimum atomic E-state index is -0.414. The minimum Gasteiger partial charge on any atom is -0.508 e. The largest absolute Gasteiger partial charge is 0.508 e. The van der Waals surface area contributed by atoms with Gasteiger partial charge in [-0.25, -0.2) is 0 Å². The van der Waals surface area contributed by atoms with Crippen molar-refractivity contribution in [2.24, 2.45) is 0 Å². The summed E-state index contributed by atoms with van der Waals surface area (Å²) in [6, 6.07) is 36.7. The summed E-state index contributed by atoms with van der Waals surface area (Å²) >= 11 is 0. The summed E-state index contributed by atoms with van der Waals surface area (Å²) in [7, 11) is 0. The van der Waals surface area contributed by atoms with Crippen LogP contribution in [0.5, 0.6) is 5.75 Å². The molecule has 0 heterocycles. The van der Waals surface area contributed by atoms with Crippen LogP contribution in [-0.2, 0) is 52.7 Å². The highest BCUT2D eigenvalue weighted by molar-refractivity contribution is 5.46. The summed E-state index contributed by atoms with van der Waals surface area (Å²) in [5.74, 6) is 0.362. The number of unbranched alkanes of at least 4 members (excludes halogenated alkanes) is 18. The molecule has 0 unspecified atom stereocenters. The van der Waals surface area contributed by atoms with E-state index in [-0.39, 0.29) is 11.2 Å². The van der Waals surface area contributed by atoms with Gasteiger partial charge >= 0.3 is 0 Å². The Balaban J connectivity index is 1.24. The van der Waals surface area contributed by atoms with Gasteiger partial charge in [0.05, 0.1) is 16.8 Å². The molecule has 0 fully saturated rings. The number of phenolic OH excluding ortho intramolecular Hbond substituents is 1. The van der Waals surface area contributed by atoms with Crippen LogP contribution in [0.25, 0.3) is 0 Å². The zero-order valence-electron chi connectivity index (χ0n) is 43.7. The Morgan fingerprint density at radius 1 is 0.313 bits per heavy atom. The second-order valence-corrected chi connectivity index (χ2v) is 21.7. The predicted molar refractivity (Wildman–Crippen MR) is 287 cm³/mol. The lowest BCUT2D eigenvalue weighted by Crippen LogP contribution is -2.33. The fourth-order valence-corrected chi connectivity index (χ4v) is 9.70. The van der Waals surface area contributed by atoms with Gasteiger partial charge in [-0.1, -0.05) is 193 Å². The molecule has 4 aromatic rings. The lowest BCUT2D eigenvalue weighted by atomic mass is 9.83.